The number of nitrogens with one attached hydrogen (secondary N) is 2. The van der Waals surface area contributed by atoms with Crippen LogP contribution in [0.4, 0.5) is 13.6 Å². The number of aromatic nitrogens is 1. The number of rotatable bonds is 14. The maximum Gasteiger partial charge on any atom is 0.407 e. The number of halogens is 3. The van der Waals surface area contributed by atoms with Crippen LogP contribution in [0.1, 0.15) is 30.0 Å². The zero-order valence-electron chi connectivity index (χ0n) is 27.0. The average Bonchev–Trinajstić information content (AvgIpc) is 3.59. The Kier molecular flexibility index (Phi) is 13.0. The molecule has 0 aliphatic heterocycles. The normalized spacial score (nSPS) is 12.3. The Hall–Kier alpha value is -5.38. The fourth-order valence-electron chi connectivity index (χ4n) is 4.55. The average molecular weight is 715 g/mol. The van der Waals surface area contributed by atoms with Crippen molar-refractivity contribution in [2.75, 3.05) is 20.4 Å². The Labute approximate surface area is 290 Å². The van der Waals surface area contributed by atoms with Gasteiger partial charge in [-0.1, -0.05) is 67.0 Å². The predicted octanol–water partition coefficient (Wildman–Crippen LogP) is 4.87. The Balaban J connectivity index is 1.46. The van der Waals surface area contributed by atoms with E-state index in [0.717, 1.165) is 7.11 Å². The summed E-state index contributed by atoms with van der Waals surface area (Å²) >= 11 is 6.03. The SMILES string of the molecule is COC(=O)N[C@H](C(=O)OCOC(=O)[C@H](O)CN(Cc1ccc(-c2cc(Cl)ccc2F)cc1)NC(=O)c1cc(-c2ccccc2F)no1)C(C)C. The van der Waals surface area contributed by atoms with E-state index in [1.54, 1.807) is 44.2 Å². The largest absolute Gasteiger partial charge is 0.453 e. The summed E-state index contributed by atoms with van der Waals surface area (Å²) in [6, 6.07) is 16.5. The molecule has 0 bridgehead atoms. The van der Waals surface area contributed by atoms with Crippen molar-refractivity contribution >= 4 is 35.5 Å². The molecule has 13 nitrogen and oxygen atoms in total. The summed E-state index contributed by atoms with van der Waals surface area (Å²) in [6.07, 6.45) is -2.73. The van der Waals surface area contributed by atoms with Crippen molar-refractivity contribution in [2.45, 2.75) is 32.5 Å². The highest BCUT2D eigenvalue weighted by Crippen LogP contribution is 2.27. The molecule has 0 fully saturated rings. The van der Waals surface area contributed by atoms with Gasteiger partial charge < -0.3 is 29.2 Å². The minimum absolute atomic E-state index is 0.0586. The van der Waals surface area contributed by atoms with Gasteiger partial charge in [-0.05, 0) is 47.4 Å². The molecule has 0 radical (unpaired) electrons. The molecule has 4 aromatic rings. The minimum atomic E-state index is -1.87. The van der Waals surface area contributed by atoms with Crippen LogP contribution in [-0.2, 0) is 30.3 Å². The van der Waals surface area contributed by atoms with Gasteiger partial charge >= 0.3 is 23.9 Å². The lowest BCUT2D eigenvalue weighted by atomic mass is 10.0. The number of nitrogens with zero attached hydrogens (tertiary/aromatic N) is 2. The molecule has 4 rings (SSSR count). The standard InChI is InChI=1S/C34H33ClF2N4O9/c1-19(2)30(38-34(46)47-3)33(45)49-18-48-32(44)28(42)17-41(16-20-8-10-21(11-9-20)24-14-22(35)12-13-26(24)37)39-31(43)29-15-27(40-50-29)23-6-4-5-7-25(23)36/h4-15,19,28,30,42H,16-18H2,1-3H3,(H,38,46)(H,39,43)/t28-,30+/m1/s1. The molecule has 0 aliphatic rings. The van der Waals surface area contributed by atoms with Gasteiger partial charge in [0, 0.05) is 28.8 Å². The Bertz CT molecular complexity index is 1820. The number of alkyl carbamates (subject to hydrolysis) is 1. The van der Waals surface area contributed by atoms with Gasteiger partial charge in [0.2, 0.25) is 12.6 Å². The van der Waals surface area contributed by atoms with Crippen LogP contribution in [0.2, 0.25) is 5.02 Å². The second-order valence-corrected chi connectivity index (χ2v) is 11.6. The molecule has 16 heteroatoms. The first-order valence-electron chi connectivity index (χ1n) is 15.0. The molecule has 2 amide bonds. The summed E-state index contributed by atoms with van der Waals surface area (Å²) in [7, 11) is 1.12. The predicted molar refractivity (Wildman–Crippen MR) is 174 cm³/mol. The number of carbonyl (C=O) groups is 4. The van der Waals surface area contributed by atoms with Gasteiger partial charge in [-0.2, -0.15) is 0 Å². The van der Waals surface area contributed by atoms with E-state index in [4.69, 9.17) is 25.6 Å². The van der Waals surface area contributed by atoms with Crippen molar-refractivity contribution in [3.8, 4) is 22.4 Å². The molecule has 264 valence electrons. The number of hydrogen-bond acceptors (Lipinski definition) is 11. The topological polar surface area (TPSA) is 170 Å². The second-order valence-electron chi connectivity index (χ2n) is 11.1. The minimum Gasteiger partial charge on any atom is -0.453 e. The van der Waals surface area contributed by atoms with E-state index in [1.807, 2.05) is 0 Å². The van der Waals surface area contributed by atoms with Gasteiger partial charge in [-0.15, -0.1) is 0 Å². The number of aliphatic hydroxyl groups is 1. The van der Waals surface area contributed by atoms with Crippen LogP contribution in [0.5, 0.6) is 0 Å². The highest BCUT2D eigenvalue weighted by atomic mass is 35.5. The quantitative estimate of drug-likeness (QED) is 0.0925. The zero-order valence-corrected chi connectivity index (χ0v) is 27.8. The lowest BCUT2D eigenvalue weighted by Gasteiger charge is -2.25. The van der Waals surface area contributed by atoms with Crippen molar-refractivity contribution in [1.29, 1.82) is 0 Å². The fraction of sp³-hybridized carbons (Fsp3) is 0.265. The molecule has 3 N–H and O–H groups in total. The Morgan fingerprint density at radius 3 is 2.30 bits per heavy atom. The summed E-state index contributed by atoms with van der Waals surface area (Å²) in [5.74, 6) is -4.72. The third-order valence-electron chi connectivity index (χ3n) is 7.16. The van der Waals surface area contributed by atoms with E-state index in [1.165, 1.54) is 47.5 Å². The van der Waals surface area contributed by atoms with Gasteiger partial charge in [-0.25, -0.2) is 28.2 Å². The molecule has 0 aliphatic carbocycles. The smallest absolute Gasteiger partial charge is 0.407 e. The number of methoxy groups -OCH3 is 1. The highest BCUT2D eigenvalue weighted by Gasteiger charge is 2.28. The summed E-state index contributed by atoms with van der Waals surface area (Å²) in [5, 5.41) is 18.3. The Morgan fingerprint density at radius 1 is 0.940 bits per heavy atom. The molecule has 3 aromatic carbocycles. The molecule has 0 spiro atoms. The van der Waals surface area contributed by atoms with Gasteiger partial charge in [0.15, 0.2) is 6.10 Å². The van der Waals surface area contributed by atoms with Crippen molar-refractivity contribution in [2.24, 2.45) is 5.92 Å². The van der Waals surface area contributed by atoms with Crippen molar-refractivity contribution in [3.63, 3.8) is 0 Å². The molecule has 1 heterocycles. The first-order valence-corrected chi connectivity index (χ1v) is 15.4. The van der Waals surface area contributed by atoms with Gasteiger partial charge in [0.1, 0.15) is 23.4 Å². The lowest BCUT2D eigenvalue weighted by molar-refractivity contribution is -0.175. The number of amides is 2. The van der Waals surface area contributed by atoms with Crippen LogP contribution < -0.4 is 10.7 Å². The molecule has 0 unspecified atom stereocenters. The van der Waals surface area contributed by atoms with E-state index in [9.17, 15) is 33.1 Å². The second kappa shape index (κ2) is 17.3. The van der Waals surface area contributed by atoms with E-state index < -0.39 is 67.0 Å². The molecular weight excluding hydrogens is 682 g/mol. The summed E-state index contributed by atoms with van der Waals surface area (Å²) in [6.45, 7) is 1.78. The van der Waals surface area contributed by atoms with Gasteiger partial charge in [0.25, 0.3) is 0 Å². The molecule has 2 atom stereocenters. The Morgan fingerprint density at radius 2 is 1.62 bits per heavy atom. The van der Waals surface area contributed by atoms with E-state index in [-0.39, 0.29) is 29.1 Å². The van der Waals surface area contributed by atoms with Gasteiger partial charge in [0.05, 0.1) is 13.7 Å². The van der Waals surface area contributed by atoms with E-state index >= 15 is 0 Å². The van der Waals surface area contributed by atoms with Gasteiger partial charge in [-0.3, -0.25) is 10.2 Å². The summed E-state index contributed by atoms with van der Waals surface area (Å²) in [4.78, 5) is 49.8. The number of benzene rings is 3. The monoisotopic (exact) mass is 714 g/mol. The zero-order chi connectivity index (χ0) is 36.4. The molecule has 0 saturated carbocycles. The maximum atomic E-state index is 14.4. The highest BCUT2D eigenvalue weighted by molar-refractivity contribution is 6.30. The van der Waals surface area contributed by atoms with Crippen LogP contribution in [0.25, 0.3) is 22.4 Å². The molecular formula is C34H33ClF2N4O9. The van der Waals surface area contributed by atoms with Crippen LogP contribution in [-0.4, -0.2) is 71.8 Å². The number of hydrazine groups is 1. The third-order valence-corrected chi connectivity index (χ3v) is 7.39. The van der Waals surface area contributed by atoms with Crippen LogP contribution in [0.3, 0.4) is 0 Å². The molecule has 50 heavy (non-hydrogen) atoms. The summed E-state index contributed by atoms with van der Waals surface area (Å²) in [5.41, 5.74) is 4.03. The number of esters is 2. The lowest BCUT2D eigenvalue weighted by Crippen LogP contribution is -2.48. The summed E-state index contributed by atoms with van der Waals surface area (Å²) < 4.78 is 48.2. The first kappa shape index (κ1) is 37.4. The van der Waals surface area contributed by atoms with Crippen molar-refractivity contribution < 1.29 is 51.8 Å². The third kappa shape index (κ3) is 10.1. The van der Waals surface area contributed by atoms with Crippen LogP contribution in [0, 0.1) is 17.6 Å². The number of ether oxygens (including phenoxy) is 3. The van der Waals surface area contributed by atoms with Crippen LogP contribution in [0.15, 0.2) is 77.3 Å². The van der Waals surface area contributed by atoms with E-state index in [2.05, 4.69) is 20.6 Å². The number of aliphatic hydroxyl groups excluding tert-OH is 1. The fourth-order valence-corrected chi connectivity index (χ4v) is 4.73. The van der Waals surface area contributed by atoms with E-state index in [0.29, 0.717) is 16.1 Å². The molecule has 1 aromatic heterocycles. The van der Waals surface area contributed by atoms with Crippen molar-refractivity contribution in [1.82, 2.24) is 20.9 Å². The maximum absolute atomic E-state index is 14.4. The molecule has 0 saturated heterocycles. The van der Waals surface area contributed by atoms with Crippen molar-refractivity contribution in [3.05, 3.63) is 101 Å². The first-order chi connectivity index (χ1) is 23.9. The number of carbonyl (C=O) groups excluding carboxylic acids is 4. The van der Waals surface area contributed by atoms with Crippen LogP contribution >= 0.6 is 11.6 Å². The number of hydrogen-bond donors (Lipinski definition) is 3.